The van der Waals surface area contributed by atoms with Crippen LogP contribution in [0.15, 0.2) is 49.1 Å². The van der Waals surface area contributed by atoms with Gasteiger partial charge in [0, 0.05) is 23.3 Å². The summed E-state index contributed by atoms with van der Waals surface area (Å²) < 4.78 is 0. The summed E-state index contributed by atoms with van der Waals surface area (Å²) in [7, 11) is 0. The molecule has 0 radical (unpaired) electrons. The van der Waals surface area contributed by atoms with E-state index in [4.69, 9.17) is 11.6 Å². The summed E-state index contributed by atoms with van der Waals surface area (Å²) >= 11 is 6.04. The average Bonchev–Trinajstić information content (AvgIpc) is 2.39. The highest BCUT2D eigenvalue weighted by molar-refractivity contribution is 6.32. The molecule has 4 heteroatoms. The van der Waals surface area contributed by atoms with E-state index in [9.17, 15) is 0 Å². The van der Waals surface area contributed by atoms with Gasteiger partial charge in [-0.1, -0.05) is 29.8 Å². The number of hydrogen-bond donors (Lipinski definition) is 0. The highest BCUT2D eigenvalue weighted by atomic mass is 35.5. The molecule has 82 valence electrons. The Hall–Kier alpha value is -2.00. The third kappa shape index (κ3) is 1.85. The lowest BCUT2D eigenvalue weighted by molar-refractivity contribution is 1.17. The molecule has 3 rings (SSSR count). The fourth-order valence-corrected chi connectivity index (χ4v) is 1.94. The monoisotopic (exact) mass is 241 g/mol. The molecule has 3 nitrogen and oxygen atoms in total. The number of aromatic nitrogens is 3. The molecule has 2 heterocycles. The van der Waals surface area contributed by atoms with Gasteiger partial charge in [-0.05, 0) is 17.7 Å². The zero-order valence-electron chi connectivity index (χ0n) is 8.84. The van der Waals surface area contributed by atoms with Crippen LogP contribution in [0.25, 0.3) is 22.0 Å². The molecule has 1 aromatic carbocycles. The Kier molecular flexibility index (Phi) is 2.46. The van der Waals surface area contributed by atoms with Gasteiger partial charge in [0.25, 0.3) is 0 Å². The van der Waals surface area contributed by atoms with Crippen LogP contribution in [0.2, 0.25) is 5.15 Å². The summed E-state index contributed by atoms with van der Waals surface area (Å²) in [5.41, 5.74) is 2.73. The van der Waals surface area contributed by atoms with Gasteiger partial charge in [0.15, 0.2) is 0 Å². The first-order valence-electron chi connectivity index (χ1n) is 5.15. The highest BCUT2D eigenvalue weighted by Gasteiger charge is 2.05. The SMILES string of the molecule is Clc1ncncc1-c1ccc2cccnc2c1. The van der Waals surface area contributed by atoms with E-state index in [-0.39, 0.29) is 0 Å². The van der Waals surface area contributed by atoms with Crippen molar-refractivity contribution in [2.45, 2.75) is 0 Å². The van der Waals surface area contributed by atoms with Crippen LogP contribution < -0.4 is 0 Å². The van der Waals surface area contributed by atoms with Crippen LogP contribution in [0, 0.1) is 0 Å². The maximum absolute atomic E-state index is 6.04. The van der Waals surface area contributed by atoms with E-state index < -0.39 is 0 Å². The number of halogens is 1. The van der Waals surface area contributed by atoms with Crippen LogP contribution in [0.3, 0.4) is 0 Å². The summed E-state index contributed by atoms with van der Waals surface area (Å²) in [6.07, 6.45) is 4.92. The van der Waals surface area contributed by atoms with Gasteiger partial charge in [0.1, 0.15) is 11.5 Å². The number of benzene rings is 1. The van der Waals surface area contributed by atoms with Gasteiger partial charge in [0.2, 0.25) is 0 Å². The van der Waals surface area contributed by atoms with Crippen LogP contribution in [-0.2, 0) is 0 Å². The van der Waals surface area contributed by atoms with Gasteiger partial charge in [-0.15, -0.1) is 0 Å². The van der Waals surface area contributed by atoms with Crippen molar-refractivity contribution < 1.29 is 0 Å². The first-order valence-corrected chi connectivity index (χ1v) is 5.53. The van der Waals surface area contributed by atoms with Crippen LogP contribution in [0.4, 0.5) is 0 Å². The van der Waals surface area contributed by atoms with Gasteiger partial charge in [0.05, 0.1) is 5.52 Å². The number of nitrogens with zero attached hydrogens (tertiary/aromatic N) is 3. The Morgan fingerprint density at radius 1 is 1.06 bits per heavy atom. The molecule has 0 N–H and O–H groups in total. The second kappa shape index (κ2) is 4.11. The van der Waals surface area contributed by atoms with E-state index in [1.54, 1.807) is 12.4 Å². The van der Waals surface area contributed by atoms with Gasteiger partial charge >= 0.3 is 0 Å². The summed E-state index contributed by atoms with van der Waals surface area (Å²) in [6, 6.07) is 9.94. The molecular formula is C13H8ClN3. The maximum Gasteiger partial charge on any atom is 0.140 e. The van der Waals surface area contributed by atoms with Crippen LogP contribution in [0.1, 0.15) is 0 Å². The van der Waals surface area contributed by atoms with Gasteiger partial charge in [-0.3, -0.25) is 4.98 Å². The minimum atomic E-state index is 0.454. The summed E-state index contributed by atoms with van der Waals surface area (Å²) in [4.78, 5) is 12.3. The van der Waals surface area contributed by atoms with Gasteiger partial charge in [-0.2, -0.15) is 0 Å². The maximum atomic E-state index is 6.04. The lowest BCUT2D eigenvalue weighted by Crippen LogP contribution is -1.86. The van der Waals surface area contributed by atoms with E-state index >= 15 is 0 Å². The molecule has 0 fully saturated rings. The van der Waals surface area contributed by atoms with Crippen molar-refractivity contribution >= 4 is 22.5 Å². The average molecular weight is 242 g/mol. The second-order valence-corrected chi connectivity index (χ2v) is 4.00. The minimum absolute atomic E-state index is 0.454. The van der Waals surface area contributed by atoms with Crippen LogP contribution >= 0.6 is 11.6 Å². The molecule has 0 bridgehead atoms. The lowest BCUT2D eigenvalue weighted by atomic mass is 10.1. The molecule has 0 unspecified atom stereocenters. The quantitative estimate of drug-likeness (QED) is 0.614. The number of rotatable bonds is 1. The van der Waals surface area contributed by atoms with Crippen LogP contribution in [0.5, 0.6) is 0 Å². The van der Waals surface area contributed by atoms with Crippen molar-refractivity contribution in [3.8, 4) is 11.1 Å². The van der Waals surface area contributed by atoms with Crippen molar-refractivity contribution in [2.75, 3.05) is 0 Å². The van der Waals surface area contributed by atoms with E-state index in [1.807, 2.05) is 30.3 Å². The molecular weight excluding hydrogens is 234 g/mol. The standard InChI is InChI=1S/C13H8ClN3/c14-13-11(7-15-8-17-13)10-4-3-9-2-1-5-16-12(9)6-10/h1-8H. The van der Waals surface area contributed by atoms with Gasteiger partial charge in [-0.25, -0.2) is 9.97 Å². The molecule has 0 spiro atoms. The fourth-order valence-electron chi connectivity index (χ4n) is 1.74. The molecule has 0 aliphatic rings. The smallest absolute Gasteiger partial charge is 0.140 e. The molecule has 17 heavy (non-hydrogen) atoms. The Balaban J connectivity index is 2.22. The predicted molar refractivity (Wildman–Crippen MR) is 67.8 cm³/mol. The zero-order chi connectivity index (χ0) is 11.7. The summed E-state index contributed by atoms with van der Waals surface area (Å²) in [6.45, 7) is 0. The molecule has 0 atom stereocenters. The van der Waals surface area contributed by atoms with Crippen molar-refractivity contribution in [1.82, 2.24) is 15.0 Å². The first kappa shape index (κ1) is 10.2. The first-order chi connectivity index (χ1) is 8.34. The van der Waals surface area contributed by atoms with E-state index in [1.165, 1.54) is 6.33 Å². The largest absolute Gasteiger partial charge is 0.256 e. The lowest BCUT2D eigenvalue weighted by Gasteiger charge is -2.04. The topological polar surface area (TPSA) is 38.7 Å². The van der Waals surface area contributed by atoms with Crippen molar-refractivity contribution in [2.24, 2.45) is 0 Å². The third-order valence-corrected chi connectivity index (χ3v) is 2.88. The minimum Gasteiger partial charge on any atom is -0.256 e. The summed E-state index contributed by atoms with van der Waals surface area (Å²) in [5, 5.41) is 1.56. The fraction of sp³-hybridized carbons (Fsp3) is 0. The molecule has 2 aromatic heterocycles. The Labute approximate surface area is 103 Å². The van der Waals surface area contributed by atoms with Crippen molar-refractivity contribution in [3.05, 3.63) is 54.2 Å². The number of fused-ring (bicyclic) bond motifs is 1. The molecule has 0 aliphatic heterocycles. The van der Waals surface area contributed by atoms with E-state index in [0.717, 1.165) is 22.0 Å². The second-order valence-electron chi connectivity index (χ2n) is 3.64. The highest BCUT2D eigenvalue weighted by Crippen LogP contribution is 2.27. The van der Waals surface area contributed by atoms with Crippen molar-refractivity contribution in [1.29, 1.82) is 0 Å². The number of pyridine rings is 1. The van der Waals surface area contributed by atoms with Gasteiger partial charge < -0.3 is 0 Å². The predicted octanol–water partition coefficient (Wildman–Crippen LogP) is 3.35. The van der Waals surface area contributed by atoms with Crippen LogP contribution in [-0.4, -0.2) is 15.0 Å². The number of hydrogen-bond acceptors (Lipinski definition) is 3. The molecule has 0 saturated carbocycles. The third-order valence-electron chi connectivity index (χ3n) is 2.58. The van der Waals surface area contributed by atoms with E-state index in [2.05, 4.69) is 15.0 Å². The Bertz CT molecular complexity index is 682. The molecule has 3 aromatic rings. The Morgan fingerprint density at radius 3 is 2.88 bits per heavy atom. The van der Waals surface area contributed by atoms with Crippen molar-refractivity contribution in [3.63, 3.8) is 0 Å². The molecule has 0 saturated heterocycles. The normalized spacial score (nSPS) is 10.6. The molecule has 0 amide bonds. The zero-order valence-corrected chi connectivity index (χ0v) is 9.59. The molecule has 0 aliphatic carbocycles. The van der Waals surface area contributed by atoms with E-state index in [0.29, 0.717) is 5.15 Å². The summed E-state index contributed by atoms with van der Waals surface area (Å²) in [5.74, 6) is 0. The Morgan fingerprint density at radius 2 is 2.00 bits per heavy atom.